The zero-order valence-electron chi connectivity index (χ0n) is 61.9. The van der Waals surface area contributed by atoms with Crippen molar-refractivity contribution < 1.29 is 55.1 Å². The van der Waals surface area contributed by atoms with Gasteiger partial charge in [-0.2, -0.15) is 26.3 Å². The molecule has 23 heteroatoms. The van der Waals surface area contributed by atoms with Crippen LogP contribution in [0.2, 0.25) is 0 Å². The third-order valence-corrected chi connectivity index (χ3v) is 19.8. The molecule has 3 aliphatic rings. The van der Waals surface area contributed by atoms with E-state index in [9.17, 15) is 55.1 Å². The van der Waals surface area contributed by atoms with E-state index in [2.05, 4.69) is 40.9 Å². The van der Waals surface area contributed by atoms with Crippen LogP contribution in [-0.4, -0.2) is 60.4 Å². The maximum atomic E-state index is 13.9. The van der Waals surface area contributed by atoms with E-state index in [-0.39, 0.29) is 29.2 Å². The Morgan fingerprint density at radius 2 is 0.766 bits per heavy atom. The monoisotopic (exact) mass is 1490 g/mol. The van der Waals surface area contributed by atoms with Crippen LogP contribution in [0.1, 0.15) is 123 Å². The van der Waals surface area contributed by atoms with Gasteiger partial charge in [0.2, 0.25) is 17.7 Å². The van der Waals surface area contributed by atoms with Gasteiger partial charge < -0.3 is 16.0 Å². The van der Waals surface area contributed by atoms with Gasteiger partial charge in [-0.25, -0.2) is 4.98 Å². The van der Waals surface area contributed by atoms with E-state index in [1.54, 1.807) is 190 Å². The Morgan fingerprint density at radius 1 is 0.369 bits per heavy atom. The molecule has 7 aromatic carbocycles. The number of rotatable bonds is 12. The van der Waals surface area contributed by atoms with Crippen molar-refractivity contribution >= 4 is 86.8 Å². The smallest absolute Gasteiger partial charge is 0.322 e. The Balaban J connectivity index is 0.000000146. The van der Waals surface area contributed by atoms with E-state index in [0.29, 0.717) is 73.3 Å². The number of carbonyl (C=O) groups is 6. The molecule has 17 nitrogen and oxygen atoms in total. The van der Waals surface area contributed by atoms with Crippen LogP contribution in [0.3, 0.4) is 0 Å². The van der Waals surface area contributed by atoms with Crippen LogP contribution in [0.15, 0.2) is 244 Å². The predicted molar refractivity (Wildman–Crippen MR) is 417 cm³/mol. The van der Waals surface area contributed by atoms with Crippen molar-refractivity contribution in [1.82, 2.24) is 24.9 Å². The summed E-state index contributed by atoms with van der Waals surface area (Å²) in [7, 11) is 0. The molecule has 0 saturated carbocycles. The average Bonchev–Trinajstić information content (AvgIpc) is 1.59. The summed E-state index contributed by atoms with van der Waals surface area (Å²) in [5.41, 5.74) is 8.35. The highest BCUT2D eigenvalue weighted by molar-refractivity contribution is 6.17. The Labute approximate surface area is 636 Å². The molecule has 12 aromatic rings. The fraction of sp³-hybridized carbons (Fsp3) is 0.170. The number of alkyl halides is 6. The van der Waals surface area contributed by atoms with Gasteiger partial charge in [0.1, 0.15) is 5.82 Å². The van der Waals surface area contributed by atoms with Crippen LogP contribution < -0.4 is 30.7 Å². The van der Waals surface area contributed by atoms with E-state index in [4.69, 9.17) is 0 Å². The number of amides is 6. The molecule has 5 aromatic heterocycles. The third-order valence-electron chi connectivity index (χ3n) is 19.8. The summed E-state index contributed by atoms with van der Waals surface area (Å²) in [5, 5.41) is 8.06. The fourth-order valence-corrected chi connectivity index (χ4v) is 14.1. The number of pyridine rings is 5. The molecule has 8 heterocycles. The highest BCUT2D eigenvalue weighted by atomic mass is 19.4. The number of anilines is 9. The summed E-state index contributed by atoms with van der Waals surface area (Å²) >= 11 is 0. The topological polar surface area (TPSA) is 213 Å². The summed E-state index contributed by atoms with van der Waals surface area (Å²) in [5.74, 6) is -2.01. The molecule has 0 atom stereocenters. The summed E-state index contributed by atoms with van der Waals surface area (Å²) in [4.78, 5) is 106. The molecule has 3 N–H and O–H groups in total. The van der Waals surface area contributed by atoms with Crippen LogP contribution in [0, 0.1) is 27.7 Å². The van der Waals surface area contributed by atoms with Gasteiger partial charge in [0.25, 0.3) is 17.7 Å². The Morgan fingerprint density at radius 3 is 1.18 bits per heavy atom. The molecular formula is C88H73F6N11O6. The first-order valence-electron chi connectivity index (χ1n) is 35.3. The van der Waals surface area contributed by atoms with Crippen LogP contribution in [0.25, 0.3) is 33.4 Å². The molecule has 6 amide bonds. The van der Waals surface area contributed by atoms with Crippen molar-refractivity contribution in [3.63, 3.8) is 0 Å². The molecule has 15 rings (SSSR count). The quantitative estimate of drug-likeness (QED) is 0.0979. The molecule has 0 radical (unpaired) electrons. The zero-order chi connectivity index (χ0) is 79.2. The predicted octanol–water partition coefficient (Wildman–Crippen LogP) is 19.9. The van der Waals surface area contributed by atoms with Crippen LogP contribution in [0.5, 0.6) is 0 Å². The lowest BCUT2D eigenvalue weighted by molar-refractivity contribution is -0.141. The van der Waals surface area contributed by atoms with E-state index in [0.717, 1.165) is 62.7 Å². The normalized spacial score (nSPS) is 14.3. The number of carbonyl (C=O) groups excluding carboxylic acids is 6. The summed E-state index contributed by atoms with van der Waals surface area (Å²) < 4.78 is 83.4. The number of nitrogens with one attached hydrogen (secondary N) is 3. The first-order chi connectivity index (χ1) is 52.7. The lowest BCUT2D eigenvalue weighted by Gasteiger charge is -2.21. The number of fused-ring (bicyclic) bond motifs is 3. The molecule has 3 aliphatic heterocycles. The van der Waals surface area contributed by atoms with Gasteiger partial charge in [0.05, 0.1) is 85.0 Å². The molecule has 111 heavy (non-hydrogen) atoms. The molecule has 0 spiro atoms. The van der Waals surface area contributed by atoms with E-state index in [1.165, 1.54) is 23.1 Å². The summed E-state index contributed by atoms with van der Waals surface area (Å²) in [6.45, 7) is 18.5. The molecule has 0 aliphatic carbocycles. The molecule has 558 valence electrons. The first-order valence-corrected chi connectivity index (χ1v) is 35.3. The highest BCUT2D eigenvalue weighted by Gasteiger charge is 2.50. The second-order valence-corrected chi connectivity index (χ2v) is 28.7. The minimum atomic E-state index is -4.84. The van der Waals surface area contributed by atoms with Crippen molar-refractivity contribution in [2.24, 2.45) is 0 Å². The standard InChI is InChI=1S/C30H24F3N3O2.C29H23F3N4O2.C29H26N4O2/c1-18-10-13-20(14-11-18)35-27(37)22-17-19(12-15-23(22)30(31,32)33)21-7-6-8-24-26(21)29(2,3)28(38)36(24)25-9-4-5-16-34-25;1-17-9-11-19(12-10-17)35-26(37)22-14-18(15-34-25(22)29(30,31)32)21-7-4-8-23-24(21)28(2,3)27(38)36(23)20-6-5-13-33-16-20;1-18-10-12-21(13-11-18)32-27(34)24-15-20(16-31-19(24)2)23-8-5-9-25-26(23)29(3,4)28(35)33(25)22-7-6-14-30-17-22/h4-17H,1-3H3,(H,35,37);4-16H,1-3H3,(H,35,37);5-17H,1-4H3,(H,32,34). The number of halogens is 6. The minimum Gasteiger partial charge on any atom is -0.322 e. The van der Waals surface area contributed by atoms with E-state index in [1.807, 2.05) is 102 Å². The third kappa shape index (κ3) is 14.8. The van der Waals surface area contributed by atoms with Crippen LogP contribution in [-0.2, 0) is 43.0 Å². The van der Waals surface area contributed by atoms with E-state index >= 15 is 0 Å². The van der Waals surface area contributed by atoms with Crippen LogP contribution >= 0.6 is 0 Å². The van der Waals surface area contributed by atoms with E-state index < -0.39 is 62.8 Å². The molecular weight excluding hydrogens is 1420 g/mol. The Hall–Kier alpha value is -13.3. The highest BCUT2D eigenvalue weighted by Crippen LogP contribution is 2.53. The Kier molecular flexibility index (Phi) is 20.3. The number of aromatic nitrogens is 5. The van der Waals surface area contributed by atoms with Gasteiger partial charge in [0, 0.05) is 59.2 Å². The lowest BCUT2D eigenvalue weighted by atomic mass is 9.81. The second-order valence-electron chi connectivity index (χ2n) is 28.7. The Bertz CT molecular complexity index is 5410. The maximum Gasteiger partial charge on any atom is 0.434 e. The van der Waals surface area contributed by atoms with Gasteiger partial charge in [-0.1, -0.05) is 102 Å². The first kappa shape index (κ1) is 75.9. The van der Waals surface area contributed by atoms with Gasteiger partial charge >= 0.3 is 12.4 Å². The summed E-state index contributed by atoms with van der Waals surface area (Å²) in [6.07, 6.45) is 1.42. The molecule has 0 fully saturated rings. The van der Waals surface area contributed by atoms with Gasteiger partial charge in [-0.3, -0.25) is 63.4 Å². The average molecular weight is 1490 g/mol. The number of hydrogen-bond donors (Lipinski definition) is 3. The van der Waals surface area contributed by atoms with Gasteiger partial charge in [-0.15, -0.1) is 0 Å². The number of nitrogens with zero attached hydrogens (tertiary/aromatic N) is 8. The number of benzene rings is 7. The molecule has 0 saturated heterocycles. The van der Waals surface area contributed by atoms with Gasteiger partial charge in [-0.05, 0) is 223 Å². The van der Waals surface area contributed by atoms with Gasteiger partial charge in [0.15, 0.2) is 5.69 Å². The summed E-state index contributed by atoms with van der Waals surface area (Å²) in [6, 6.07) is 56.5. The van der Waals surface area contributed by atoms with Crippen molar-refractivity contribution in [3.05, 3.63) is 311 Å². The maximum absolute atomic E-state index is 13.9. The van der Waals surface area contributed by atoms with Crippen molar-refractivity contribution in [2.45, 2.75) is 97.8 Å². The number of aryl methyl sites for hydroxylation is 4. The zero-order valence-corrected chi connectivity index (χ0v) is 61.9. The second kappa shape index (κ2) is 29.7. The SMILES string of the molecule is Cc1ccc(NC(=O)c2cc(-c3cccc4c3C(C)(C)C(=O)N4c3ccccn3)ccc2C(F)(F)F)cc1.Cc1ccc(NC(=O)c2cc(-c3cccc4c3C(C)(C)C(=O)N4c3cccnc3)cnc2C(F)(F)F)cc1.Cc1ccc(NC(=O)c2cc(-c3cccc4c3C(C)(C)C(=O)N4c3cccnc3)cnc2C)cc1. The minimum absolute atomic E-state index is 0.0228. The van der Waals surface area contributed by atoms with Crippen molar-refractivity contribution in [2.75, 3.05) is 30.7 Å². The van der Waals surface area contributed by atoms with Crippen molar-refractivity contribution in [1.29, 1.82) is 0 Å². The van der Waals surface area contributed by atoms with Crippen molar-refractivity contribution in [3.8, 4) is 33.4 Å². The van der Waals surface area contributed by atoms with Crippen LogP contribution in [0.4, 0.5) is 77.7 Å². The largest absolute Gasteiger partial charge is 0.434 e. The number of hydrogen-bond acceptors (Lipinski definition) is 11. The molecule has 0 bridgehead atoms. The lowest BCUT2D eigenvalue weighted by Crippen LogP contribution is -2.33. The molecule has 0 unspecified atom stereocenters. The fourth-order valence-electron chi connectivity index (χ4n) is 14.1.